The van der Waals surface area contributed by atoms with Crippen LogP contribution in [0.25, 0.3) is 22.3 Å². The predicted octanol–water partition coefficient (Wildman–Crippen LogP) is -2.57. The third kappa shape index (κ3) is 7.73. The first-order valence-electron chi connectivity index (χ1n) is 16.4. The van der Waals surface area contributed by atoms with Gasteiger partial charge in [0.05, 0.1) is 25.9 Å². The van der Waals surface area contributed by atoms with Gasteiger partial charge >= 0.3 is 0 Å². The van der Waals surface area contributed by atoms with Crippen molar-refractivity contribution in [1.82, 2.24) is 0 Å². The second kappa shape index (κ2) is 15.8. The first-order valence-corrected chi connectivity index (χ1v) is 16.4. The predicted molar refractivity (Wildman–Crippen MR) is 172 cm³/mol. The second-order valence-corrected chi connectivity index (χ2v) is 12.7. The first kappa shape index (κ1) is 38.8. The molecular formula is C33H40O20. The molecule has 11 N–H and O–H groups in total. The lowest BCUT2D eigenvalue weighted by Gasteiger charge is -2.43. The molecule has 0 spiro atoms. The fourth-order valence-electron chi connectivity index (χ4n) is 6.27. The smallest absolute Gasteiger partial charge is 0.239 e. The summed E-state index contributed by atoms with van der Waals surface area (Å²) in [6.07, 6.45) is -19.4. The maximum atomic E-state index is 13.7. The van der Waals surface area contributed by atoms with Gasteiger partial charge in [-0.15, -0.1) is 0 Å². The number of methoxy groups -OCH3 is 1. The van der Waals surface area contributed by atoms with Crippen LogP contribution in [0.4, 0.5) is 0 Å². The summed E-state index contributed by atoms with van der Waals surface area (Å²) in [6.45, 7) is -1.44. The van der Waals surface area contributed by atoms with E-state index in [0.29, 0.717) is 0 Å². The minimum absolute atomic E-state index is 0.0588. The Kier molecular flexibility index (Phi) is 11.6. The number of fused-ring (bicyclic) bond motifs is 1. The number of phenols is 4. The van der Waals surface area contributed by atoms with Crippen LogP contribution in [0.2, 0.25) is 0 Å². The van der Waals surface area contributed by atoms with E-state index in [-0.39, 0.29) is 30.8 Å². The maximum absolute atomic E-state index is 13.7. The Hall–Kier alpha value is -3.87. The van der Waals surface area contributed by atoms with Crippen molar-refractivity contribution in [2.24, 2.45) is 0 Å². The van der Waals surface area contributed by atoms with E-state index < -0.39 is 132 Å². The molecule has 3 aromatic rings. The van der Waals surface area contributed by atoms with Crippen molar-refractivity contribution in [1.29, 1.82) is 0 Å². The summed E-state index contributed by atoms with van der Waals surface area (Å²) in [5, 5.41) is 114. The van der Waals surface area contributed by atoms with E-state index in [1.807, 2.05) is 0 Å². The van der Waals surface area contributed by atoms with E-state index in [2.05, 4.69) is 0 Å². The molecule has 0 amide bonds. The van der Waals surface area contributed by atoms with E-state index in [0.717, 1.165) is 24.3 Å². The zero-order chi connectivity index (χ0) is 38.3. The molecule has 0 aliphatic carbocycles. The highest BCUT2D eigenvalue weighted by Crippen LogP contribution is 2.39. The fourth-order valence-corrected chi connectivity index (χ4v) is 6.27. The fraction of sp³-hybridized carbons (Fsp3) is 0.545. The number of benzene rings is 2. The highest BCUT2D eigenvalue weighted by molar-refractivity contribution is 5.88. The van der Waals surface area contributed by atoms with Gasteiger partial charge in [0.1, 0.15) is 77.4 Å². The van der Waals surface area contributed by atoms with Crippen LogP contribution < -0.4 is 10.2 Å². The summed E-state index contributed by atoms with van der Waals surface area (Å²) in [5.41, 5.74) is -1.43. The molecule has 1 aromatic heterocycles. The van der Waals surface area contributed by atoms with Crippen LogP contribution in [0.1, 0.15) is 6.42 Å². The topological polar surface area (TPSA) is 317 Å². The number of hydrogen-bond acceptors (Lipinski definition) is 20. The molecule has 3 aliphatic rings. The van der Waals surface area contributed by atoms with Crippen molar-refractivity contribution < 1.29 is 93.7 Å². The third-order valence-corrected chi connectivity index (χ3v) is 9.23. The average molecular weight is 757 g/mol. The minimum atomic E-state index is -2.03. The minimum Gasteiger partial charge on any atom is -0.508 e. The van der Waals surface area contributed by atoms with Gasteiger partial charge in [-0.25, -0.2) is 0 Å². The van der Waals surface area contributed by atoms with E-state index >= 15 is 0 Å². The highest BCUT2D eigenvalue weighted by Gasteiger charge is 2.49. The SMILES string of the molecule is COC1CC(OCC2OC(OCC3OC(Oc4c(-c5ccc(O)c(O)c5)oc5cc(O)cc(O)c5c4=O)C(O)C(O)C3O)C(O)C(O)C2O)C(CO)O1. The van der Waals surface area contributed by atoms with Crippen LogP contribution in [-0.2, 0) is 28.4 Å². The molecule has 2 aromatic carbocycles. The van der Waals surface area contributed by atoms with Crippen molar-refractivity contribution in [3.05, 3.63) is 40.6 Å². The molecule has 0 saturated carbocycles. The molecule has 20 nitrogen and oxygen atoms in total. The maximum Gasteiger partial charge on any atom is 0.239 e. The lowest BCUT2D eigenvalue weighted by molar-refractivity contribution is -0.325. The Morgan fingerprint density at radius 3 is 2.00 bits per heavy atom. The summed E-state index contributed by atoms with van der Waals surface area (Å²) in [4.78, 5) is 13.7. The monoisotopic (exact) mass is 756 g/mol. The number of aliphatic hydroxyl groups is 7. The molecule has 292 valence electrons. The molecular weight excluding hydrogens is 716 g/mol. The van der Waals surface area contributed by atoms with Gasteiger partial charge in [0, 0.05) is 31.2 Å². The molecule has 13 unspecified atom stereocenters. The molecule has 6 rings (SSSR count). The van der Waals surface area contributed by atoms with Crippen molar-refractivity contribution in [3.8, 4) is 40.1 Å². The van der Waals surface area contributed by atoms with Gasteiger partial charge in [-0.1, -0.05) is 0 Å². The lowest BCUT2D eigenvalue weighted by Crippen LogP contribution is -2.62. The molecule has 53 heavy (non-hydrogen) atoms. The molecule has 0 radical (unpaired) electrons. The van der Waals surface area contributed by atoms with E-state index in [1.165, 1.54) is 13.2 Å². The van der Waals surface area contributed by atoms with E-state index in [1.54, 1.807) is 0 Å². The Labute approximate surface area is 298 Å². The van der Waals surface area contributed by atoms with Gasteiger partial charge in [-0.05, 0) is 18.2 Å². The average Bonchev–Trinajstić information content (AvgIpc) is 3.54. The summed E-state index contributed by atoms with van der Waals surface area (Å²) >= 11 is 0. The van der Waals surface area contributed by atoms with Crippen LogP contribution in [-0.4, -0.2) is 163 Å². The van der Waals surface area contributed by atoms with Gasteiger partial charge in [-0.2, -0.15) is 0 Å². The number of rotatable bonds is 11. The molecule has 3 saturated heterocycles. The van der Waals surface area contributed by atoms with Crippen molar-refractivity contribution in [3.63, 3.8) is 0 Å². The standard InChI is InChI=1S/C33H40O20/c1-46-21-7-16(18(8-34)49-21)47-9-19-23(39)26(42)28(44)32(51-19)48-10-20-24(40)27(43)29(45)33(52-20)53-31-25(41)22-15(38)5-12(35)6-17(22)50-30(31)11-2-3-13(36)14(37)4-11/h2-6,16,18-21,23-24,26-29,32-40,42-45H,7-10H2,1H3. The third-order valence-electron chi connectivity index (χ3n) is 9.23. The molecule has 13 atom stereocenters. The van der Waals surface area contributed by atoms with Gasteiger partial charge < -0.3 is 93.7 Å². The van der Waals surface area contributed by atoms with E-state index in [4.69, 9.17) is 37.6 Å². The van der Waals surface area contributed by atoms with Gasteiger partial charge in [0.25, 0.3) is 0 Å². The van der Waals surface area contributed by atoms with Crippen LogP contribution in [0.15, 0.2) is 39.5 Å². The largest absolute Gasteiger partial charge is 0.508 e. The van der Waals surface area contributed by atoms with Crippen LogP contribution in [0, 0.1) is 0 Å². The summed E-state index contributed by atoms with van der Waals surface area (Å²) < 4.78 is 44.9. The zero-order valence-corrected chi connectivity index (χ0v) is 27.8. The van der Waals surface area contributed by atoms with Gasteiger partial charge in [-0.3, -0.25) is 4.79 Å². The highest BCUT2D eigenvalue weighted by atomic mass is 16.7. The van der Waals surface area contributed by atoms with Crippen molar-refractivity contribution in [2.45, 2.75) is 86.3 Å². The first-order chi connectivity index (χ1) is 25.2. The van der Waals surface area contributed by atoms with Crippen molar-refractivity contribution in [2.75, 3.05) is 26.9 Å². The number of phenolic OH excluding ortho intramolecular Hbond substituents is 4. The number of ether oxygens (including phenoxy) is 7. The van der Waals surface area contributed by atoms with Gasteiger partial charge in [0.2, 0.25) is 17.5 Å². The summed E-state index contributed by atoms with van der Waals surface area (Å²) in [7, 11) is 1.41. The van der Waals surface area contributed by atoms with Gasteiger partial charge in [0.15, 0.2) is 29.8 Å². The second-order valence-electron chi connectivity index (χ2n) is 12.7. The Morgan fingerprint density at radius 1 is 0.717 bits per heavy atom. The lowest BCUT2D eigenvalue weighted by atomic mass is 9.98. The molecule has 3 fully saturated rings. The van der Waals surface area contributed by atoms with Crippen molar-refractivity contribution >= 4 is 11.0 Å². The quantitative estimate of drug-likeness (QED) is 0.0896. The molecule has 0 bridgehead atoms. The van der Waals surface area contributed by atoms with Crippen LogP contribution in [0.3, 0.4) is 0 Å². The summed E-state index contributed by atoms with van der Waals surface area (Å²) in [6, 6.07) is 5.17. The van der Waals surface area contributed by atoms with Crippen LogP contribution >= 0.6 is 0 Å². The van der Waals surface area contributed by atoms with Crippen LogP contribution in [0.5, 0.6) is 28.7 Å². The Morgan fingerprint density at radius 2 is 1.36 bits per heavy atom. The van der Waals surface area contributed by atoms with E-state index in [9.17, 15) is 61.0 Å². The Balaban J connectivity index is 1.21. The number of hydrogen-bond donors (Lipinski definition) is 11. The number of aliphatic hydroxyl groups excluding tert-OH is 7. The zero-order valence-electron chi connectivity index (χ0n) is 27.8. The number of aromatic hydroxyl groups is 4. The normalized spacial score (nSPS) is 34.8. The molecule has 3 aliphatic heterocycles. The summed E-state index contributed by atoms with van der Waals surface area (Å²) in [5.74, 6) is -3.48. The Bertz CT molecular complexity index is 1800. The molecule has 4 heterocycles. The molecule has 20 heteroatoms.